The molecule has 84 valence electrons. The van der Waals surface area contributed by atoms with Crippen molar-refractivity contribution in [3.05, 3.63) is 0 Å². The van der Waals surface area contributed by atoms with Gasteiger partial charge in [-0.25, -0.2) is 0 Å². The summed E-state index contributed by atoms with van der Waals surface area (Å²) in [6.07, 6.45) is -16.8. The van der Waals surface area contributed by atoms with Gasteiger partial charge in [0.25, 0.3) is 6.10 Å². The summed E-state index contributed by atoms with van der Waals surface area (Å²) in [6, 6.07) is 0. The molecule has 0 bridgehead atoms. The normalized spacial score (nSPS) is 28.3. The molecule has 2 atom stereocenters. The largest absolute Gasteiger partial charge is 0.423 e. The molecule has 2 unspecified atom stereocenters. The second kappa shape index (κ2) is 3.27. The van der Waals surface area contributed by atoms with Crippen molar-refractivity contribution in [3.8, 4) is 0 Å². The van der Waals surface area contributed by atoms with Gasteiger partial charge in [-0.2, -0.15) is 26.3 Å². The fourth-order valence-corrected chi connectivity index (χ4v) is 0.783. The lowest BCUT2D eigenvalue weighted by Gasteiger charge is -2.22. The standard InChI is InChI=1S/C6H6F6O2/c1-2-3(13-2)14-4(5(7,8)9)6(10,11)12/h2-4H,1H3. The third kappa shape index (κ3) is 2.74. The molecule has 0 aromatic carbocycles. The highest BCUT2D eigenvalue weighted by molar-refractivity contribution is 4.81. The van der Waals surface area contributed by atoms with E-state index in [2.05, 4.69) is 9.47 Å². The molecule has 0 aromatic heterocycles. The Kier molecular flexibility index (Phi) is 2.70. The summed E-state index contributed by atoms with van der Waals surface area (Å²) >= 11 is 0. The van der Waals surface area contributed by atoms with Crippen molar-refractivity contribution in [3.63, 3.8) is 0 Å². The molecular weight excluding hydrogens is 218 g/mol. The van der Waals surface area contributed by atoms with E-state index < -0.39 is 30.9 Å². The van der Waals surface area contributed by atoms with Crippen LogP contribution in [0.5, 0.6) is 0 Å². The number of ether oxygens (including phenoxy) is 2. The summed E-state index contributed by atoms with van der Waals surface area (Å²) in [7, 11) is 0. The lowest BCUT2D eigenvalue weighted by Crippen LogP contribution is -2.45. The Bertz CT molecular complexity index is 195. The Balaban J connectivity index is 2.63. The van der Waals surface area contributed by atoms with Crippen LogP contribution >= 0.6 is 0 Å². The lowest BCUT2D eigenvalue weighted by atomic mass is 10.3. The molecule has 1 aliphatic heterocycles. The van der Waals surface area contributed by atoms with Crippen molar-refractivity contribution in [1.29, 1.82) is 0 Å². The number of hydrogen-bond acceptors (Lipinski definition) is 2. The maximum Gasteiger partial charge on any atom is 0.423 e. The van der Waals surface area contributed by atoms with Gasteiger partial charge in [-0.05, 0) is 6.92 Å². The molecular formula is C6H6F6O2. The van der Waals surface area contributed by atoms with Crippen LogP contribution < -0.4 is 0 Å². The van der Waals surface area contributed by atoms with E-state index in [-0.39, 0.29) is 0 Å². The van der Waals surface area contributed by atoms with Crippen molar-refractivity contribution in [2.24, 2.45) is 0 Å². The number of rotatable bonds is 2. The zero-order chi connectivity index (χ0) is 11.1. The fraction of sp³-hybridized carbons (Fsp3) is 1.00. The van der Waals surface area contributed by atoms with Crippen molar-refractivity contribution < 1.29 is 35.8 Å². The minimum absolute atomic E-state index is 0.720. The van der Waals surface area contributed by atoms with Gasteiger partial charge >= 0.3 is 12.4 Å². The van der Waals surface area contributed by atoms with E-state index in [9.17, 15) is 26.3 Å². The van der Waals surface area contributed by atoms with E-state index >= 15 is 0 Å². The molecule has 2 nitrogen and oxygen atoms in total. The van der Waals surface area contributed by atoms with Crippen LogP contribution in [-0.4, -0.2) is 30.9 Å². The summed E-state index contributed by atoms with van der Waals surface area (Å²) in [6.45, 7) is 1.31. The average Bonchev–Trinajstić information content (AvgIpc) is 2.56. The number of epoxide rings is 1. The summed E-state index contributed by atoms with van der Waals surface area (Å²) in [5.74, 6) is 0. The molecule has 0 radical (unpaired) electrons. The first-order valence-corrected chi connectivity index (χ1v) is 3.56. The molecule has 1 fully saturated rings. The van der Waals surface area contributed by atoms with Gasteiger partial charge < -0.3 is 9.47 Å². The zero-order valence-electron chi connectivity index (χ0n) is 6.82. The van der Waals surface area contributed by atoms with Crippen LogP contribution in [0.3, 0.4) is 0 Å². The molecule has 0 N–H and O–H groups in total. The van der Waals surface area contributed by atoms with Gasteiger partial charge in [-0.15, -0.1) is 0 Å². The van der Waals surface area contributed by atoms with Crippen molar-refractivity contribution in [2.75, 3.05) is 0 Å². The first-order chi connectivity index (χ1) is 6.12. The lowest BCUT2D eigenvalue weighted by molar-refractivity contribution is -0.329. The average molecular weight is 224 g/mol. The molecule has 1 heterocycles. The van der Waals surface area contributed by atoms with Crippen LogP contribution in [-0.2, 0) is 9.47 Å². The van der Waals surface area contributed by atoms with E-state index in [0.717, 1.165) is 0 Å². The highest BCUT2D eigenvalue weighted by Crippen LogP contribution is 2.39. The first kappa shape index (κ1) is 11.6. The highest BCUT2D eigenvalue weighted by atomic mass is 19.4. The fourth-order valence-electron chi connectivity index (χ4n) is 0.783. The maximum absolute atomic E-state index is 11.8. The van der Waals surface area contributed by atoms with Gasteiger partial charge in [0.15, 0.2) is 6.29 Å². The van der Waals surface area contributed by atoms with Crippen LogP contribution in [0.4, 0.5) is 26.3 Å². The van der Waals surface area contributed by atoms with Gasteiger partial charge in [0.05, 0.1) is 0 Å². The van der Waals surface area contributed by atoms with Gasteiger partial charge in [-0.1, -0.05) is 0 Å². The second-order valence-electron chi connectivity index (χ2n) is 2.81. The summed E-state index contributed by atoms with van der Waals surface area (Å²) in [4.78, 5) is 0. The van der Waals surface area contributed by atoms with E-state index in [1.54, 1.807) is 0 Å². The topological polar surface area (TPSA) is 21.8 Å². The second-order valence-corrected chi connectivity index (χ2v) is 2.81. The predicted molar refractivity (Wildman–Crippen MR) is 31.3 cm³/mol. The molecule has 14 heavy (non-hydrogen) atoms. The Labute approximate surface area is 74.8 Å². The number of alkyl halides is 6. The molecule has 1 saturated heterocycles. The smallest absolute Gasteiger partial charge is 0.342 e. The summed E-state index contributed by atoms with van der Waals surface area (Å²) < 4.78 is 79.0. The first-order valence-electron chi connectivity index (χ1n) is 3.56. The summed E-state index contributed by atoms with van der Waals surface area (Å²) in [5, 5.41) is 0. The van der Waals surface area contributed by atoms with Crippen LogP contribution in [0, 0.1) is 0 Å². The minimum atomic E-state index is -5.47. The monoisotopic (exact) mass is 224 g/mol. The molecule has 1 aliphatic rings. The van der Waals surface area contributed by atoms with Crippen LogP contribution in [0.15, 0.2) is 0 Å². The molecule has 8 heteroatoms. The van der Waals surface area contributed by atoms with Crippen LogP contribution in [0.1, 0.15) is 6.92 Å². The Hall–Kier alpha value is -0.500. The number of hydrogen-bond donors (Lipinski definition) is 0. The molecule has 0 saturated carbocycles. The zero-order valence-corrected chi connectivity index (χ0v) is 6.82. The third-order valence-electron chi connectivity index (χ3n) is 1.52. The van der Waals surface area contributed by atoms with E-state index in [1.165, 1.54) is 6.92 Å². The third-order valence-corrected chi connectivity index (χ3v) is 1.52. The molecule has 0 aliphatic carbocycles. The van der Waals surface area contributed by atoms with Crippen molar-refractivity contribution >= 4 is 0 Å². The SMILES string of the molecule is CC1OC1OC(C(F)(F)F)C(F)(F)F. The Morgan fingerprint density at radius 3 is 1.64 bits per heavy atom. The van der Waals surface area contributed by atoms with Gasteiger partial charge in [0.2, 0.25) is 0 Å². The highest BCUT2D eigenvalue weighted by Gasteiger charge is 2.60. The number of halogens is 6. The maximum atomic E-state index is 11.8. The molecule has 0 aromatic rings. The molecule has 0 amide bonds. The van der Waals surface area contributed by atoms with Crippen molar-refractivity contribution in [2.45, 2.75) is 37.8 Å². The van der Waals surface area contributed by atoms with Crippen LogP contribution in [0.2, 0.25) is 0 Å². The van der Waals surface area contributed by atoms with E-state index in [0.29, 0.717) is 0 Å². The van der Waals surface area contributed by atoms with Gasteiger partial charge in [0, 0.05) is 0 Å². The Morgan fingerprint density at radius 1 is 1.07 bits per heavy atom. The quantitative estimate of drug-likeness (QED) is 0.530. The molecule has 1 rings (SSSR count). The predicted octanol–water partition coefficient (Wildman–Crippen LogP) is 2.24. The summed E-state index contributed by atoms with van der Waals surface area (Å²) in [5.41, 5.74) is 0. The van der Waals surface area contributed by atoms with E-state index in [1.807, 2.05) is 0 Å². The molecule has 0 spiro atoms. The van der Waals surface area contributed by atoms with Gasteiger partial charge in [-0.3, -0.25) is 0 Å². The van der Waals surface area contributed by atoms with E-state index in [4.69, 9.17) is 0 Å². The van der Waals surface area contributed by atoms with Crippen LogP contribution in [0.25, 0.3) is 0 Å². The van der Waals surface area contributed by atoms with Gasteiger partial charge in [0.1, 0.15) is 6.10 Å². The Morgan fingerprint density at radius 2 is 1.43 bits per heavy atom. The minimum Gasteiger partial charge on any atom is -0.342 e. The van der Waals surface area contributed by atoms with Crippen molar-refractivity contribution in [1.82, 2.24) is 0 Å².